The number of hydrogen-bond acceptors (Lipinski definition) is 3. The molecule has 1 atom stereocenters. The predicted molar refractivity (Wildman–Crippen MR) is 72.4 cm³/mol. The number of aryl methyl sites for hydroxylation is 1. The third kappa shape index (κ3) is 3.56. The van der Waals surface area contributed by atoms with Crippen molar-refractivity contribution >= 4 is 17.5 Å². The van der Waals surface area contributed by atoms with E-state index in [0.717, 1.165) is 24.3 Å². The minimum atomic E-state index is 0.219. The highest BCUT2D eigenvalue weighted by Crippen LogP contribution is 2.26. The lowest BCUT2D eigenvalue weighted by molar-refractivity contribution is -0.118. The predicted octanol–water partition coefficient (Wildman–Crippen LogP) is 3.04. The lowest BCUT2D eigenvalue weighted by Gasteiger charge is -2.19. The summed E-state index contributed by atoms with van der Waals surface area (Å²) in [5, 5.41) is 0.219. The van der Waals surface area contributed by atoms with Gasteiger partial charge in [-0.2, -0.15) is 11.8 Å². The first-order valence-electron chi connectivity index (χ1n) is 6.37. The molecule has 17 heavy (non-hydrogen) atoms. The molecule has 0 radical (unpaired) electrons. The average molecular weight is 249 g/mol. The molecule has 1 aliphatic rings. The standard InChI is InChI=1S/C14H19NOS/c1-2-11-6-7-12(15-10-11)9-13(16)14-5-3-4-8-17-14/h6-7,10,14H,2-5,8-9H2,1H3. The van der Waals surface area contributed by atoms with Crippen LogP contribution >= 0.6 is 11.8 Å². The first-order valence-corrected chi connectivity index (χ1v) is 7.42. The molecule has 2 rings (SSSR count). The molecule has 1 saturated heterocycles. The molecule has 1 aromatic rings. The Labute approximate surface area is 107 Å². The van der Waals surface area contributed by atoms with Crippen molar-refractivity contribution in [2.75, 3.05) is 5.75 Å². The van der Waals surface area contributed by atoms with Crippen molar-refractivity contribution in [1.82, 2.24) is 4.98 Å². The number of carbonyl (C=O) groups excluding carboxylic acids is 1. The molecule has 0 aromatic carbocycles. The average Bonchev–Trinajstić information content (AvgIpc) is 2.40. The van der Waals surface area contributed by atoms with Gasteiger partial charge in [-0.05, 0) is 36.6 Å². The summed E-state index contributed by atoms with van der Waals surface area (Å²) < 4.78 is 0. The summed E-state index contributed by atoms with van der Waals surface area (Å²) in [5.41, 5.74) is 2.15. The number of rotatable bonds is 4. The van der Waals surface area contributed by atoms with E-state index in [1.807, 2.05) is 24.0 Å². The minimum absolute atomic E-state index is 0.219. The van der Waals surface area contributed by atoms with Crippen LogP contribution in [0.15, 0.2) is 18.3 Å². The summed E-state index contributed by atoms with van der Waals surface area (Å²) in [6.07, 6.45) is 6.90. The minimum Gasteiger partial charge on any atom is -0.298 e. The van der Waals surface area contributed by atoms with Gasteiger partial charge in [-0.25, -0.2) is 0 Å². The first kappa shape index (κ1) is 12.6. The van der Waals surface area contributed by atoms with Crippen LogP contribution in [0.1, 0.15) is 37.4 Å². The van der Waals surface area contributed by atoms with Gasteiger partial charge in [0.05, 0.1) is 5.25 Å². The molecule has 0 N–H and O–H groups in total. The van der Waals surface area contributed by atoms with Crippen molar-refractivity contribution in [3.63, 3.8) is 0 Å². The monoisotopic (exact) mass is 249 g/mol. The van der Waals surface area contributed by atoms with Crippen LogP contribution in [0, 0.1) is 0 Å². The van der Waals surface area contributed by atoms with Crippen molar-refractivity contribution in [1.29, 1.82) is 0 Å². The van der Waals surface area contributed by atoms with Crippen molar-refractivity contribution < 1.29 is 4.79 Å². The zero-order chi connectivity index (χ0) is 12.1. The molecule has 92 valence electrons. The lowest BCUT2D eigenvalue weighted by atomic mass is 10.1. The van der Waals surface area contributed by atoms with Gasteiger partial charge in [0.25, 0.3) is 0 Å². The number of thioether (sulfide) groups is 1. The Hall–Kier alpha value is -0.830. The van der Waals surface area contributed by atoms with Gasteiger partial charge in [0.15, 0.2) is 5.78 Å². The van der Waals surface area contributed by atoms with Gasteiger partial charge in [0.2, 0.25) is 0 Å². The SMILES string of the molecule is CCc1ccc(CC(=O)C2CCCCS2)nc1. The second kappa shape index (κ2) is 6.20. The number of aromatic nitrogens is 1. The Morgan fingerprint density at radius 2 is 2.35 bits per heavy atom. The normalized spacial score (nSPS) is 20.2. The van der Waals surface area contributed by atoms with E-state index in [4.69, 9.17) is 0 Å². The van der Waals surface area contributed by atoms with E-state index in [9.17, 15) is 4.79 Å². The van der Waals surface area contributed by atoms with Crippen LogP contribution in [0.3, 0.4) is 0 Å². The molecule has 1 aliphatic heterocycles. The molecule has 1 fully saturated rings. The maximum atomic E-state index is 12.1. The number of ketones is 1. The molecular weight excluding hydrogens is 230 g/mol. The summed E-state index contributed by atoms with van der Waals surface area (Å²) >= 11 is 1.82. The van der Waals surface area contributed by atoms with Gasteiger partial charge in [-0.3, -0.25) is 9.78 Å². The largest absolute Gasteiger partial charge is 0.298 e. The lowest BCUT2D eigenvalue weighted by Crippen LogP contribution is -2.23. The molecule has 0 amide bonds. The van der Waals surface area contributed by atoms with E-state index in [-0.39, 0.29) is 5.25 Å². The fourth-order valence-corrected chi connectivity index (χ4v) is 3.31. The van der Waals surface area contributed by atoms with Crippen molar-refractivity contribution in [2.45, 2.75) is 44.3 Å². The Balaban J connectivity index is 1.92. The van der Waals surface area contributed by atoms with Crippen LogP contribution in [-0.2, 0) is 17.6 Å². The highest BCUT2D eigenvalue weighted by Gasteiger charge is 2.21. The fraction of sp³-hybridized carbons (Fsp3) is 0.571. The van der Waals surface area contributed by atoms with Gasteiger partial charge in [0.1, 0.15) is 0 Å². The van der Waals surface area contributed by atoms with Gasteiger partial charge in [0, 0.05) is 18.3 Å². The smallest absolute Gasteiger partial charge is 0.151 e. The quantitative estimate of drug-likeness (QED) is 0.821. The van der Waals surface area contributed by atoms with Crippen LogP contribution < -0.4 is 0 Å². The van der Waals surface area contributed by atoms with E-state index in [0.29, 0.717) is 12.2 Å². The number of nitrogens with zero attached hydrogens (tertiary/aromatic N) is 1. The van der Waals surface area contributed by atoms with Gasteiger partial charge in [-0.1, -0.05) is 19.4 Å². The van der Waals surface area contributed by atoms with Crippen molar-refractivity contribution in [3.05, 3.63) is 29.6 Å². The summed E-state index contributed by atoms with van der Waals surface area (Å²) in [4.78, 5) is 16.4. The summed E-state index contributed by atoms with van der Waals surface area (Å²) in [6, 6.07) is 4.06. The van der Waals surface area contributed by atoms with Gasteiger partial charge < -0.3 is 0 Å². The molecule has 1 unspecified atom stereocenters. The van der Waals surface area contributed by atoms with E-state index in [2.05, 4.69) is 18.0 Å². The van der Waals surface area contributed by atoms with E-state index < -0.39 is 0 Å². The van der Waals surface area contributed by atoms with E-state index in [1.165, 1.54) is 18.4 Å². The second-order valence-corrected chi connectivity index (χ2v) is 5.82. The summed E-state index contributed by atoms with van der Waals surface area (Å²) in [6.45, 7) is 2.11. The van der Waals surface area contributed by atoms with Crippen molar-refractivity contribution in [2.24, 2.45) is 0 Å². The molecule has 3 heteroatoms. The fourth-order valence-electron chi connectivity index (χ4n) is 2.06. The summed E-state index contributed by atoms with van der Waals surface area (Å²) in [5.74, 6) is 1.49. The number of hydrogen-bond donors (Lipinski definition) is 0. The van der Waals surface area contributed by atoms with Crippen LogP contribution in [0.2, 0.25) is 0 Å². The maximum Gasteiger partial charge on any atom is 0.151 e. The van der Waals surface area contributed by atoms with Gasteiger partial charge >= 0.3 is 0 Å². The van der Waals surface area contributed by atoms with Gasteiger partial charge in [-0.15, -0.1) is 0 Å². The Bertz CT molecular complexity index is 368. The highest BCUT2D eigenvalue weighted by atomic mass is 32.2. The van der Waals surface area contributed by atoms with E-state index >= 15 is 0 Å². The highest BCUT2D eigenvalue weighted by molar-refractivity contribution is 8.00. The molecule has 2 heterocycles. The molecule has 0 saturated carbocycles. The van der Waals surface area contributed by atoms with Crippen LogP contribution in [-0.4, -0.2) is 21.8 Å². The Kier molecular flexibility index (Phi) is 4.60. The maximum absolute atomic E-state index is 12.1. The third-order valence-electron chi connectivity index (χ3n) is 3.19. The third-order valence-corrected chi connectivity index (χ3v) is 4.61. The Morgan fingerprint density at radius 1 is 1.47 bits per heavy atom. The molecule has 0 bridgehead atoms. The van der Waals surface area contributed by atoms with E-state index in [1.54, 1.807) is 0 Å². The molecule has 2 nitrogen and oxygen atoms in total. The molecule has 0 aliphatic carbocycles. The summed E-state index contributed by atoms with van der Waals surface area (Å²) in [7, 11) is 0. The topological polar surface area (TPSA) is 30.0 Å². The first-order chi connectivity index (χ1) is 8.29. The number of carbonyl (C=O) groups is 1. The molecule has 0 spiro atoms. The molecule has 1 aromatic heterocycles. The van der Waals surface area contributed by atoms with Crippen LogP contribution in [0.5, 0.6) is 0 Å². The van der Waals surface area contributed by atoms with Crippen molar-refractivity contribution in [3.8, 4) is 0 Å². The zero-order valence-corrected chi connectivity index (χ0v) is 11.1. The molecular formula is C14H19NOS. The number of pyridine rings is 1. The van der Waals surface area contributed by atoms with Crippen LogP contribution in [0.25, 0.3) is 0 Å². The van der Waals surface area contributed by atoms with Crippen LogP contribution in [0.4, 0.5) is 0 Å². The number of Topliss-reactive ketones (excluding diaryl/α,β-unsaturated/α-hetero) is 1. The Morgan fingerprint density at radius 3 is 2.94 bits per heavy atom. The zero-order valence-electron chi connectivity index (χ0n) is 10.3. The second-order valence-electron chi connectivity index (χ2n) is 4.51.